The molecule has 2 N–H and O–H groups in total. The largest absolute Gasteiger partial charge is 0.494 e. The van der Waals surface area contributed by atoms with Crippen LogP contribution in [0.1, 0.15) is 26.7 Å². The number of ether oxygens (including phenoxy) is 3. The minimum atomic E-state index is -0.112. The van der Waals surface area contributed by atoms with Crippen LogP contribution < -0.4 is 19.7 Å². The predicted molar refractivity (Wildman–Crippen MR) is 118 cm³/mol. The van der Waals surface area contributed by atoms with Crippen LogP contribution in [-0.4, -0.2) is 44.7 Å². The van der Waals surface area contributed by atoms with Crippen molar-refractivity contribution in [1.29, 1.82) is 0 Å². The van der Waals surface area contributed by atoms with Gasteiger partial charge < -0.3 is 24.4 Å². The van der Waals surface area contributed by atoms with E-state index in [0.717, 1.165) is 43.1 Å². The molecule has 0 bridgehead atoms. The van der Waals surface area contributed by atoms with E-state index < -0.39 is 0 Å². The summed E-state index contributed by atoms with van der Waals surface area (Å²) < 4.78 is 16.4. The maximum Gasteiger partial charge on any atom is 0.309 e. The average molecular weight is 428 g/mol. The molecule has 0 atom stereocenters. The van der Waals surface area contributed by atoms with Crippen LogP contribution in [0.5, 0.6) is 17.2 Å². The van der Waals surface area contributed by atoms with Crippen LogP contribution in [0.25, 0.3) is 0 Å². The summed E-state index contributed by atoms with van der Waals surface area (Å²) in [6.07, 6.45) is 1.53. The molecule has 0 unspecified atom stereocenters. The van der Waals surface area contributed by atoms with Gasteiger partial charge >= 0.3 is 5.97 Å². The van der Waals surface area contributed by atoms with Gasteiger partial charge in [0.15, 0.2) is 6.54 Å². The molecule has 1 aliphatic heterocycles. The molecule has 166 valence electrons. The first kappa shape index (κ1) is 22.6. The molecule has 7 nitrogen and oxygen atoms in total. The summed E-state index contributed by atoms with van der Waals surface area (Å²) in [5.74, 6) is 2.03. The molecule has 0 aromatic heterocycles. The second-order valence-corrected chi connectivity index (χ2v) is 7.53. The number of rotatable bonds is 9. The number of carbonyl (C=O) groups excluding carboxylic acids is 2. The van der Waals surface area contributed by atoms with Crippen molar-refractivity contribution in [2.75, 3.05) is 38.2 Å². The van der Waals surface area contributed by atoms with E-state index in [1.807, 2.05) is 62.4 Å². The second kappa shape index (κ2) is 11.4. The van der Waals surface area contributed by atoms with E-state index in [2.05, 4.69) is 5.32 Å². The molecule has 1 heterocycles. The molecule has 0 spiro atoms. The molecule has 7 heteroatoms. The van der Waals surface area contributed by atoms with Gasteiger partial charge in [-0.2, -0.15) is 0 Å². The number of benzene rings is 2. The molecule has 3 rings (SSSR count). The Labute approximate surface area is 183 Å². The Morgan fingerprint density at radius 3 is 2.06 bits per heavy atom. The third-order valence-corrected chi connectivity index (χ3v) is 5.23. The van der Waals surface area contributed by atoms with Gasteiger partial charge in [-0.05, 0) is 62.4 Å². The van der Waals surface area contributed by atoms with Gasteiger partial charge in [0.1, 0.15) is 17.2 Å². The van der Waals surface area contributed by atoms with Gasteiger partial charge in [0.25, 0.3) is 5.91 Å². The average Bonchev–Trinajstić information content (AvgIpc) is 2.77. The number of nitrogens with one attached hydrogen (secondary N) is 2. The van der Waals surface area contributed by atoms with Crippen molar-refractivity contribution >= 4 is 17.6 Å². The smallest absolute Gasteiger partial charge is 0.309 e. The Balaban J connectivity index is 1.43. The fourth-order valence-electron chi connectivity index (χ4n) is 3.64. The SMILES string of the molecule is CCOC(=O)C1CC[NH+](CC(=O)Nc2ccc(Oc3ccc(OCC)cc3)cc2)CC1. The number of piperidine rings is 1. The molecule has 31 heavy (non-hydrogen) atoms. The van der Waals surface area contributed by atoms with Crippen LogP contribution in [0.4, 0.5) is 5.69 Å². The van der Waals surface area contributed by atoms with E-state index in [9.17, 15) is 9.59 Å². The second-order valence-electron chi connectivity index (χ2n) is 7.53. The van der Waals surface area contributed by atoms with Gasteiger partial charge in [0.2, 0.25) is 0 Å². The first-order valence-corrected chi connectivity index (χ1v) is 10.9. The molecule has 0 aliphatic carbocycles. The lowest BCUT2D eigenvalue weighted by Gasteiger charge is -2.27. The van der Waals surface area contributed by atoms with Gasteiger partial charge in [0, 0.05) is 18.5 Å². The van der Waals surface area contributed by atoms with E-state index in [4.69, 9.17) is 14.2 Å². The molecule has 1 aliphatic rings. The zero-order valence-corrected chi connectivity index (χ0v) is 18.2. The van der Waals surface area contributed by atoms with Crippen molar-refractivity contribution in [2.24, 2.45) is 5.92 Å². The lowest BCUT2D eigenvalue weighted by molar-refractivity contribution is -0.897. The summed E-state index contributed by atoms with van der Waals surface area (Å²) in [5, 5.41) is 2.93. The quantitative estimate of drug-likeness (QED) is 0.602. The van der Waals surface area contributed by atoms with Gasteiger partial charge in [-0.15, -0.1) is 0 Å². The summed E-state index contributed by atoms with van der Waals surface area (Å²) in [7, 11) is 0. The zero-order valence-electron chi connectivity index (χ0n) is 18.2. The fourth-order valence-corrected chi connectivity index (χ4v) is 3.64. The highest BCUT2D eigenvalue weighted by molar-refractivity contribution is 5.91. The topological polar surface area (TPSA) is 78.3 Å². The van der Waals surface area contributed by atoms with Crippen LogP contribution in [0.15, 0.2) is 48.5 Å². The van der Waals surface area contributed by atoms with Crippen molar-refractivity contribution < 1.29 is 28.7 Å². The van der Waals surface area contributed by atoms with E-state index in [1.54, 1.807) is 0 Å². The van der Waals surface area contributed by atoms with Crippen LogP contribution in [0, 0.1) is 5.92 Å². The molecule has 2 aromatic rings. The number of esters is 1. The third kappa shape index (κ3) is 7.00. The lowest BCUT2D eigenvalue weighted by Crippen LogP contribution is -3.14. The molecule has 0 saturated carbocycles. The molecule has 0 radical (unpaired) electrons. The normalized spacial score (nSPS) is 18.1. The van der Waals surface area contributed by atoms with Crippen molar-refractivity contribution in [3.63, 3.8) is 0 Å². The number of hydrogen-bond acceptors (Lipinski definition) is 5. The number of hydrogen-bond donors (Lipinski definition) is 2. The summed E-state index contributed by atoms with van der Waals surface area (Å²) in [5.41, 5.74) is 0.727. The molecule has 1 amide bonds. The summed E-state index contributed by atoms with van der Waals surface area (Å²) in [4.78, 5) is 25.4. The molecular weight excluding hydrogens is 396 g/mol. The Kier molecular flexibility index (Phi) is 8.29. The van der Waals surface area contributed by atoms with Crippen LogP contribution >= 0.6 is 0 Å². The zero-order chi connectivity index (χ0) is 22.1. The van der Waals surface area contributed by atoms with Crippen molar-refractivity contribution in [3.8, 4) is 17.2 Å². The molecule has 2 aromatic carbocycles. The first-order chi connectivity index (χ1) is 15.1. The standard InChI is InChI=1S/C24H30N2O5/c1-3-29-20-9-11-22(12-10-20)31-21-7-5-19(6-8-21)25-23(27)17-26-15-13-18(14-16-26)24(28)30-4-2/h5-12,18H,3-4,13-17H2,1-2H3,(H,25,27)/p+1. The Morgan fingerprint density at radius 1 is 0.903 bits per heavy atom. The van der Waals surface area contributed by atoms with Crippen LogP contribution in [0.3, 0.4) is 0 Å². The van der Waals surface area contributed by atoms with Gasteiger partial charge in [-0.25, -0.2) is 0 Å². The summed E-state index contributed by atoms with van der Waals surface area (Å²) >= 11 is 0. The number of carbonyl (C=O) groups is 2. The highest BCUT2D eigenvalue weighted by Crippen LogP contribution is 2.25. The highest BCUT2D eigenvalue weighted by Gasteiger charge is 2.29. The van der Waals surface area contributed by atoms with Gasteiger partial charge in [-0.1, -0.05) is 0 Å². The third-order valence-electron chi connectivity index (χ3n) is 5.23. The highest BCUT2D eigenvalue weighted by atomic mass is 16.5. The Bertz CT molecular complexity index is 843. The number of quaternary nitrogens is 1. The number of likely N-dealkylation sites (tertiary alicyclic amines) is 1. The Hall–Kier alpha value is -3.06. The maximum absolute atomic E-state index is 12.4. The monoisotopic (exact) mass is 427 g/mol. The number of anilines is 1. The van der Waals surface area contributed by atoms with E-state index in [0.29, 0.717) is 25.5 Å². The van der Waals surface area contributed by atoms with E-state index >= 15 is 0 Å². The number of amides is 1. The Morgan fingerprint density at radius 2 is 1.48 bits per heavy atom. The minimum Gasteiger partial charge on any atom is -0.494 e. The maximum atomic E-state index is 12.4. The van der Waals surface area contributed by atoms with Crippen LogP contribution in [-0.2, 0) is 14.3 Å². The van der Waals surface area contributed by atoms with Crippen LogP contribution in [0.2, 0.25) is 0 Å². The lowest BCUT2D eigenvalue weighted by atomic mass is 9.97. The molecular formula is C24H31N2O5+. The predicted octanol–water partition coefficient (Wildman–Crippen LogP) is 2.67. The summed E-state index contributed by atoms with van der Waals surface area (Å²) in [6.45, 7) is 6.79. The fraction of sp³-hybridized carbons (Fsp3) is 0.417. The van der Waals surface area contributed by atoms with Crippen molar-refractivity contribution in [3.05, 3.63) is 48.5 Å². The van der Waals surface area contributed by atoms with Gasteiger partial charge in [0.05, 0.1) is 32.2 Å². The molecule has 1 saturated heterocycles. The van der Waals surface area contributed by atoms with E-state index in [1.165, 1.54) is 4.90 Å². The van der Waals surface area contributed by atoms with E-state index in [-0.39, 0.29) is 17.8 Å². The van der Waals surface area contributed by atoms with Crippen molar-refractivity contribution in [1.82, 2.24) is 0 Å². The first-order valence-electron chi connectivity index (χ1n) is 10.9. The minimum absolute atomic E-state index is 0.0327. The summed E-state index contributed by atoms with van der Waals surface area (Å²) in [6, 6.07) is 14.7. The molecule has 1 fully saturated rings. The van der Waals surface area contributed by atoms with Gasteiger partial charge in [-0.3, -0.25) is 9.59 Å². The van der Waals surface area contributed by atoms with Crippen molar-refractivity contribution in [2.45, 2.75) is 26.7 Å².